The van der Waals surface area contributed by atoms with E-state index in [1.807, 2.05) is 0 Å². The molecule has 0 bridgehead atoms. The summed E-state index contributed by atoms with van der Waals surface area (Å²) in [7, 11) is -2.67. The van der Waals surface area contributed by atoms with Crippen LogP contribution >= 0.6 is 7.82 Å². The molecule has 302 valence electrons. The minimum Gasteiger partial charge on any atom is -0.462 e. The summed E-state index contributed by atoms with van der Waals surface area (Å²) in [6.45, 7) is 4.12. The Morgan fingerprint density at radius 1 is 0.596 bits per heavy atom. The van der Waals surface area contributed by atoms with E-state index in [9.17, 15) is 19.0 Å². The quantitative estimate of drug-likeness (QED) is 0.0275. The number of hydrogen-bond donors (Lipinski definition) is 2. The van der Waals surface area contributed by atoms with Crippen LogP contribution in [-0.2, 0) is 32.7 Å². The second-order valence-corrected chi connectivity index (χ2v) is 14.9. The fourth-order valence-electron chi connectivity index (χ4n) is 5.27. The average Bonchev–Trinajstić information content (AvgIpc) is 3.12. The molecule has 0 amide bonds. The Labute approximate surface area is 318 Å². The fraction of sp³-hybridized carbons (Fsp3) is 0.762. The first-order valence-electron chi connectivity index (χ1n) is 20.6. The lowest BCUT2D eigenvalue weighted by Gasteiger charge is -2.20. The van der Waals surface area contributed by atoms with Crippen molar-refractivity contribution in [2.45, 2.75) is 174 Å². The summed E-state index contributed by atoms with van der Waals surface area (Å²) in [5.74, 6) is -0.881. The number of carbonyl (C=O) groups is 2. The van der Waals surface area contributed by atoms with E-state index in [-0.39, 0.29) is 26.1 Å². The van der Waals surface area contributed by atoms with E-state index < -0.39 is 32.5 Å². The van der Waals surface area contributed by atoms with Crippen molar-refractivity contribution < 1.29 is 37.6 Å². The zero-order valence-corrected chi connectivity index (χ0v) is 34.1. The van der Waals surface area contributed by atoms with Gasteiger partial charge in [-0.1, -0.05) is 133 Å². The maximum absolute atomic E-state index is 12.6. The van der Waals surface area contributed by atoms with E-state index in [2.05, 4.69) is 67.8 Å². The van der Waals surface area contributed by atoms with Crippen molar-refractivity contribution in [3.63, 3.8) is 0 Å². The molecule has 0 aliphatic heterocycles. The Bertz CT molecular complexity index is 996. The van der Waals surface area contributed by atoms with Crippen LogP contribution in [0.1, 0.15) is 168 Å². The van der Waals surface area contributed by atoms with Gasteiger partial charge in [-0.05, 0) is 77.7 Å². The number of carbonyl (C=O) groups excluding carboxylic acids is 2. The van der Waals surface area contributed by atoms with Gasteiger partial charge < -0.3 is 19.7 Å². The molecule has 0 aromatic carbocycles. The maximum Gasteiger partial charge on any atom is 0.472 e. The van der Waals surface area contributed by atoms with Crippen LogP contribution in [0.3, 0.4) is 0 Å². The second kappa shape index (κ2) is 38.7. The molecule has 0 aromatic heterocycles. The van der Waals surface area contributed by atoms with Gasteiger partial charge >= 0.3 is 19.8 Å². The van der Waals surface area contributed by atoms with Gasteiger partial charge in [-0.3, -0.25) is 18.6 Å². The highest BCUT2D eigenvalue weighted by Crippen LogP contribution is 2.43. The zero-order valence-electron chi connectivity index (χ0n) is 33.2. The lowest BCUT2D eigenvalue weighted by atomic mass is 10.1. The molecular weight excluding hydrogens is 677 g/mol. The standard InChI is InChI=1S/C42H76NO8P/c1-4-6-8-10-12-14-16-18-19-20-21-23-24-26-28-30-32-34-41(44)48-38-40(39-50-52(46,47)49-37-36-43-3)51-42(45)35-33-31-29-27-25-22-17-15-13-11-9-7-5-2/h15,17-19,21,23,26,28,40,43H,4-14,16,20,22,24-25,27,29-39H2,1-3H3,(H,46,47)/b17-15-,19-18-,23-21-,28-26-. The molecule has 52 heavy (non-hydrogen) atoms. The van der Waals surface area contributed by atoms with Crippen LogP contribution in [0.25, 0.3) is 0 Å². The Kier molecular flexibility index (Phi) is 37.2. The minimum absolute atomic E-state index is 0.0273. The van der Waals surface area contributed by atoms with Crippen molar-refractivity contribution in [1.29, 1.82) is 0 Å². The molecule has 0 aliphatic carbocycles. The molecule has 10 heteroatoms. The number of esters is 2. The highest BCUT2D eigenvalue weighted by Gasteiger charge is 2.26. The molecule has 0 saturated carbocycles. The smallest absolute Gasteiger partial charge is 0.462 e. The summed E-state index contributed by atoms with van der Waals surface area (Å²) in [5, 5.41) is 2.81. The van der Waals surface area contributed by atoms with Gasteiger partial charge in [0.2, 0.25) is 0 Å². The first kappa shape index (κ1) is 50.0. The zero-order chi connectivity index (χ0) is 38.2. The number of likely N-dealkylation sites (N-methyl/N-ethyl adjacent to an activating group) is 1. The predicted molar refractivity (Wildman–Crippen MR) is 215 cm³/mol. The maximum atomic E-state index is 12.6. The van der Waals surface area contributed by atoms with Crippen LogP contribution in [0, 0.1) is 0 Å². The van der Waals surface area contributed by atoms with Crippen LogP contribution in [0.15, 0.2) is 48.6 Å². The number of unbranched alkanes of at least 4 members (excludes halogenated alkanes) is 16. The number of hydrogen-bond acceptors (Lipinski definition) is 8. The van der Waals surface area contributed by atoms with Crippen LogP contribution in [0.5, 0.6) is 0 Å². The molecule has 2 N–H and O–H groups in total. The van der Waals surface area contributed by atoms with E-state index in [0.717, 1.165) is 57.8 Å². The third-order valence-corrected chi connectivity index (χ3v) is 9.41. The van der Waals surface area contributed by atoms with Crippen molar-refractivity contribution in [2.24, 2.45) is 0 Å². The number of allylic oxidation sites excluding steroid dienone is 8. The lowest BCUT2D eigenvalue weighted by Crippen LogP contribution is -2.29. The monoisotopic (exact) mass is 754 g/mol. The van der Waals surface area contributed by atoms with Crippen molar-refractivity contribution in [3.05, 3.63) is 48.6 Å². The van der Waals surface area contributed by atoms with Gasteiger partial charge in [0, 0.05) is 19.4 Å². The molecule has 2 unspecified atom stereocenters. The highest BCUT2D eigenvalue weighted by atomic mass is 31.2. The van der Waals surface area contributed by atoms with Gasteiger partial charge in [-0.2, -0.15) is 0 Å². The van der Waals surface area contributed by atoms with Gasteiger partial charge in [-0.15, -0.1) is 0 Å². The lowest BCUT2D eigenvalue weighted by molar-refractivity contribution is -0.161. The Hall–Kier alpha value is -2.03. The fourth-order valence-corrected chi connectivity index (χ4v) is 6.02. The van der Waals surface area contributed by atoms with Crippen molar-refractivity contribution >= 4 is 19.8 Å². The minimum atomic E-state index is -4.36. The summed E-state index contributed by atoms with van der Waals surface area (Å²) < 4.78 is 33.0. The van der Waals surface area contributed by atoms with Crippen molar-refractivity contribution in [2.75, 3.05) is 33.4 Å². The van der Waals surface area contributed by atoms with Gasteiger partial charge in [0.25, 0.3) is 0 Å². The molecule has 0 radical (unpaired) electrons. The van der Waals surface area contributed by atoms with Crippen LogP contribution in [-0.4, -0.2) is 56.3 Å². The third kappa shape index (κ3) is 37.7. The first-order valence-corrected chi connectivity index (χ1v) is 22.1. The highest BCUT2D eigenvalue weighted by molar-refractivity contribution is 7.47. The largest absolute Gasteiger partial charge is 0.472 e. The van der Waals surface area contributed by atoms with E-state index in [0.29, 0.717) is 19.4 Å². The Morgan fingerprint density at radius 2 is 1.06 bits per heavy atom. The summed E-state index contributed by atoms with van der Waals surface area (Å²) >= 11 is 0. The summed E-state index contributed by atoms with van der Waals surface area (Å²) in [5.41, 5.74) is 0. The number of nitrogens with one attached hydrogen (secondary N) is 1. The van der Waals surface area contributed by atoms with E-state index in [1.54, 1.807) is 7.05 Å². The molecule has 0 fully saturated rings. The van der Waals surface area contributed by atoms with E-state index in [4.69, 9.17) is 18.5 Å². The second-order valence-electron chi connectivity index (χ2n) is 13.5. The number of phosphoric acid groups is 1. The summed E-state index contributed by atoms with van der Waals surface area (Å²) in [6.07, 6.45) is 41.6. The van der Waals surface area contributed by atoms with Crippen LogP contribution in [0.2, 0.25) is 0 Å². The van der Waals surface area contributed by atoms with Gasteiger partial charge in [-0.25, -0.2) is 4.57 Å². The third-order valence-electron chi connectivity index (χ3n) is 8.42. The van der Waals surface area contributed by atoms with Gasteiger partial charge in [0.15, 0.2) is 6.10 Å². The normalized spacial score (nSPS) is 13.8. The average molecular weight is 754 g/mol. The first-order chi connectivity index (χ1) is 25.3. The van der Waals surface area contributed by atoms with Crippen LogP contribution in [0.4, 0.5) is 0 Å². The Balaban J connectivity index is 4.35. The van der Waals surface area contributed by atoms with E-state index in [1.165, 1.54) is 70.6 Å². The molecule has 9 nitrogen and oxygen atoms in total. The topological polar surface area (TPSA) is 120 Å². The molecule has 0 aliphatic rings. The number of ether oxygens (including phenoxy) is 2. The van der Waals surface area contributed by atoms with Crippen molar-refractivity contribution in [3.8, 4) is 0 Å². The number of rotatable bonds is 38. The van der Waals surface area contributed by atoms with Gasteiger partial charge in [0.1, 0.15) is 6.61 Å². The molecule has 2 atom stereocenters. The van der Waals surface area contributed by atoms with Crippen molar-refractivity contribution in [1.82, 2.24) is 5.32 Å². The Morgan fingerprint density at radius 3 is 1.63 bits per heavy atom. The molecular formula is C42H76NO8P. The SMILES string of the molecule is CCCCCC/C=C\CCCCCCCC(=O)OC(COC(=O)CCC/C=C\C/C=C\C/C=C\CCCCCCCC)COP(=O)(O)OCCNC. The molecule has 0 saturated heterocycles. The molecule has 0 heterocycles. The van der Waals surface area contributed by atoms with Crippen LogP contribution < -0.4 is 5.32 Å². The van der Waals surface area contributed by atoms with E-state index >= 15 is 0 Å². The molecule has 0 spiro atoms. The number of phosphoric ester groups is 1. The molecule has 0 aromatic rings. The molecule has 0 rings (SSSR count). The van der Waals surface area contributed by atoms with Gasteiger partial charge in [0.05, 0.1) is 13.2 Å². The predicted octanol–water partition coefficient (Wildman–Crippen LogP) is 11.4. The summed E-state index contributed by atoms with van der Waals surface area (Å²) in [6, 6.07) is 0. The summed E-state index contributed by atoms with van der Waals surface area (Å²) in [4.78, 5) is 34.9.